The number of nitrogens with zero attached hydrogens (tertiary/aromatic N) is 2. The summed E-state index contributed by atoms with van der Waals surface area (Å²) in [6.45, 7) is 1.84. The minimum atomic E-state index is -1.10. The molecule has 1 aliphatic rings. The van der Waals surface area contributed by atoms with Crippen molar-refractivity contribution in [2.45, 2.75) is 44.6 Å². The Morgan fingerprint density at radius 1 is 1.17 bits per heavy atom. The van der Waals surface area contributed by atoms with E-state index in [0.29, 0.717) is 18.4 Å². The number of carbonyl (C=O) groups excluding carboxylic acids is 1. The number of aromatic nitrogens is 1. The van der Waals surface area contributed by atoms with Crippen LogP contribution in [0.3, 0.4) is 0 Å². The van der Waals surface area contributed by atoms with Crippen LogP contribution in [0.2, 0.25) is 0 Å². The largest absolute Gasteiger partial charge is 0.479 e. The van der Waals surface area contributed by atoms with E-state index in [2.05, 4.69) is 4.98 Å². The summed E-state index contributed by atoms with van der Waals surface area (Å²) in [5, 5.41) is 10.6. The Morgan fingerprint density at radius 3 is 2.50 bits per heavy atom. The first-order valence-corrected chi connectivity index (χ1v) is 8.34. The van der Waals surface area contributed by atoms with Gasteiger partial charge in [-0.25, -0.2) is 4.79 Å². The van der Waals surface area contributed by atoms with Gasteiger partial charge < -0.3 is 10.0 Å². The average Bonchev–Trinajstić information content (AvgIpc) is 2.60. The minimum absolute atomic E-state index is 0.249. The molecule has 0 spiro atoms. The predicted molar refractivity (Wildman–Crippen MR) is 92.0 cm³/mol. The van der Waals surface area contributed by atoms with Crippen molar-refractivity contribution in [3.05, 3.63) is 41.6 Å². The zero-order valence-electron chi connectivity index (χ0n) is 14.1. The second kappa shape index (κ2) is 6.23. The highest BCUT2D eigenvalue weighted by Gasteiger charge is 2.45. The van der Waals surface area contributed by atoms with E-state index in [1.807, 2.05) is 31.2 Å². The number of likely N-dealkylation sites (N-methyl/N-ethyl adjacent to an activating group) is 1. The monoisotopic (exact) mass is 326 g/mol. The SMILES string of the molecule is Cc1cc(C(=O)N(C)C2(C(=O)O)CCCCC2)c2ccccc2n1. The molecule has 0 atom stereocenters. The van der Waals surface area contributed by atoms with Gasteiger partial charge in [-0.15, -0.1) is 0 Å². The normalized spacial score (nSPS) is 16.8. The third-order valence-electron chi connectivity index (χ3n) is 5.10. The molecule has 1 aromatic heterocycles. The first kappa shape index (κ1) is 16.4. The van der Waals surface area contributed by atoms with E-state index >= 15 is 0 Å². The summed E-state index contributed by atoms with van der Waals surface area (Å²) >= 11 is 0. The number of pyridine rings is 1. The molecule has 0 saturated heterocycles. The van der Waals surface area contributed by atoms with Gasteiger partial charge in [-0.2, -0.15) is 0 Å². The van der Waals surface area contributed by atoms with Crippen molar-refractivity contribution in [1.29, 1.82) is 0 Å². The minimum Gasteiger partial charge on any atom is -0.479 e. The second-order valence-electron chi connectivity index (χ2n) is 6.59. The maximum absolute atomic E-state index is 13.2. The van der Waals surface area contributed by atoms with Crippen molar-refractivity contribution >= 4 is 22.8 Å². The number of fused-ring (bicyclic) bond motifs is 1. The van der Waals surface area contributed by atoms with E-state index in [1.165, 1.54) is 4.90 Å². The average molecular weight is 326 g/mol. The van der Waals surface area contributed by atoms with Gasteiger partial charge in [0.15, 0.2) is 0 Å². The number of para-hydroxylation sites is 1. The molecule has 5 nitrogen and oxygen atoms in total. The van der Waals surface area contributed by atoms with Crippen LogP contribution in [-0.4, -0.2) is 39.5 Å². The summed E-state index contributed by atoms with van der Waals surface area (Å²) < 4.78 is 0. The highest BCUT2D eigenvalue weighted by molar-refractivity contribution is 6.07. The van der Waals surface area contributed by atoms with Crippen molar-refractivity contribution in [3.63, 3.8) is 0 Å². The predicted octanol–water partition coefficient (Wildman–Crippen LogP) is 3.40. The summed E-state index contributed by atoms with van der Waals surface area (Å²) in [7, 11) is 1.62. The number of amides is 1. The van der Waals surface area contributed by atoms with Crippen molar-refractivity contribution in [3.8, 4) is 0 Å². The summed E-state index contributed by atoms with van der Waals surface area (Å²) in [4.78, 5) is 31.0. The van der Waals surface area contributed by atoms with Crippen molar-refractivity contribution in [1.82, 2.24) is 9.88 Å². The van der Waals surface area contributed by atoms with Crippen LogP contribution in [0.4, 0.5) is 0 Å². The Balaban J connectivity index is 2.06. The number of carbonyl (C=O) groups is 2. The van der Waals surface area contributed by atoms with Crippen LogP contribution in [-0.2, 0) is 4.79 Å². The molecule has 24 heavy (non-hydrogen) atoms. The quantitative estimate of drug-likeness (QED) is 0.938. The number of carboxylic acid groups (broad SMARTS) is 1. The maximum Gasteiger partial charge on any atom is 0.329 e. The molecule has 2 aromatic rings. The molecule has 0 bridgehead atoms. The number of hydrogen-bond donors (Lipinski definition) is 1. The number of aliphatic carboxylic acids is 1. The number of hydrogen-bond acceptors (Lipinski definition) is 3. The fourth-order valence-corrected chi connectivity index (χ4v) is 3.69. The zero-order chi connectivity index (χ0) is 17.3. The molecule has 3 rings (SSSR count). The molecule has 126 valence electrons. The van der Waals surface area contributed by atoms with Crippen molar-refractivity contribution in [2.24, 2.45) is 0 Å². The Labute approximate surface area is 141 Å². The van der Waals surface area contributed by atoms with Gasteiger partial charge in [0.25, 0.3) is 5.91 Å². The molecule has 5 heteroatoms. The van der Waals surface area contributed by atoms with Crippen LogP contribution in [0.5, 0.6) is 0 Å². The number of benzene rings is 1. The standard InChI is InChI=1S/C19H22N2O3/c1-13-12-15(14-8-4-5-9-16(14)20-13)17(22)21(2)19(18(23)24)10-6-3-7-11-19/h4-5,8-9,12H,3,6-7,10-11H2,1-2H3,(H,23,24). The zero-order valence-corrected chi connectivity index (χ0v) is 14.1. The number of rotatable bonds is 3. The molecule has 1 N–H and O–H groups in total. The van der Waals surface area contributed by atoms with Crippen LogP contribution in [0, 0.1) is 6.92 Å². The summed E-state index contributed by atoms with van der Waals surface area (Å²) in [5.41, 5.74) is 0.917. The Hall–Kier alpha value is -2.43. The third-order valence-corrected chi connectivity index (χ3v) is 5.10. The van der Waals surface area contributed by atoms with Crippen LogP contribution in [0.25, 0.3) is 10.9 Å². The lowest BCUT2D eigenvalue weighted by Crippen LogP contribution is -2.56. The Bertz CT molecular complexity index is 794. The molecule has 0 radical (unpaired) electrons. The first-order valence-electron chi connectivity index (χ1n) is 8.34. The molecule has 1 aromatic carbocycles. The van der Waals surface area contributed by atoms with Gasteiger partial charge in [0.1, 0.15) is 5.54 Å². The van der Waals surface area contributed by atoms with Crippen LogP contribution in [0.1, 0.15) is 48.2 Å². The van der Waals surface area contributed by atoms with E-state index in [-0.39, 0.29) is 5.91 Å². The van der Waals surface area contributed by atoms with Gasteiger partial charge in [-0.05, 0) is 31.9 Å². The lowest BCUT2D eigenvalue weighted by atomic mass is 9.80. The molecule has 0 unspecified atom stereocenters. The smallest absolute Gasteiger partial charge is 0.329 e. The van der Waals surface area contributed by atoms with Crippen LogP contribution < -0.4 is 0 Å². The molecule has 1 aliphatic carbocycles. The second-order valence-corrected chi connectivity index (χ2v) is 6.59. The topological polar surface area (TPSA) is 70.5 Å². The van der Waals surface area contributed by atoms with Gasteiger partial charge >= 0.3 is 5.97 Å². The van der Waals surface area contributed by atoms with Gasteiger partial charge in [-0.3, -0.25) is 9.78 Å². The van der Waals surface area contributed by atoms with Crippen LogP contribution >= 0.6 is 0 Å². The fraction of sp³-hybridized carbons (Fsp3) is 0.421. The van der Waals surface area contributed by atoms with Crippen molar-refractivity contribution in [2.75, 3.05) is 7.05 Å². The van der Waals surface area contributed by atoms with Gasteiger partial charge in [0.2, 0.25) is 0 Å². The molecule has 1 amide bonds. The van der Waals surface area contributed by atoms with Gasteiger partial charge in [0, 0.05) is 18.1 Å². The first-order chi connectivity index (χ1) is 11.5. The van der Waals surface area contributed by atoms with Crippen molar-refractivity contribution < 1.29 is 14.7 Å². The van der Waals surface area contributed by atoms with Gasteiger partial charge in [0.05, 0.1) is 11.1 Å². The summed E-state index contributed by atoms with van der Waals surface area (Å²) in [5.74, 6) is -1.16. The lowest BCUT2D eigenvalue weighted by Gasteiger charge is -2.41. The lowest BCUT2D eigenvalue weighted by molar-refractivity contribution is -0.151. The van der Waals surface area contributed by atoms with E-state index in [4.69, 9.17) is 0 Å². The Morgan fingerprint density at radius 2 is 1.83 bits per heavy atom. The van der Waals surface area contributed by atoms with E-state index in [9.17, 15) is 14.7 Å². The summed E-state index contributed by atoms with van der Waals surface area (Å²) in [6.07, 6.45) is 3.70. The molecule has 1 saturated carbocycles. The van der Waals surface area contributed by atoms with E-state index < -0.39 is 11.5 Å². The van der Waals surface area contributed by atoms with E-state index in [0.717, 1.165) is 35.9 Å². The molecular weight excluding hydrogens is 304 g/mol. The highest BCUT2D eigenvalue weighted by Crippen LogP contribution is 2.35. The fourth-order valence-electron chi connectivity index (χ4n) is 3.69. The Kier molecular flexibility index (Phi) is 4.26. The summed E-state index contributed by atoms with van der Waals surface area (Å²) in [6, 6.07) is 9.22. The highest BCUT2D eigenvalue weighted by atomic mass is 16.4. The van der Waals surface area contributed by atoms with Crippen LogP contribution in [0.15, 0.2) is 30.3 Å². The number of aryl methyl sites for hydroxylation is 1. The molecule has 1 fully saturated rings. The number of carboxylic acids is 1. The molecule has 0 aliphatic heterocycles. The van der Waals surface area contributed by atoms with E-state index in [1.54, 1.807) is 13.1 Å². The molecular formula is C19H22N2O3. The third kappa shape index (κ3) is 2.64. The maximum atomic E-state index is 13.2. The van der Waals surface area contributed by atoms with Gasteiger partial charge in [-0.1, -0.05) is 37.5 Å². The molecule has 1 heterocycles.